The number of carbonyl (C=O) groups is 1. The van der Waals surface area contributed by atoms with E-state index in [1.807, 2.05) is 0 Å². The minimum atomic E-state index is -0.940. The molecule has 4 nitrogen and oxygen atoms in total. The standard InChI is InChI=1S/C4H2ClNO3/c5-4(8)6-3(7)1-2-9-6/h1-2H. The second kappa shape index (κ2) is 2.06. The maximum absolute atomic E-state index is 10.4. The quantitative estimate of drug-likeness (QED) is 0.507. The summed E-state index contributed by atoms with van der Waals surface area (Å²) < 4.78 is 4.79. The first-order valence-electron chi connectivity index (χ1n) is 2.08. The third-order valence-electron chi connectivity index (χ3n) is 0.737. The van der Waals surface area contributed by atoms with E-state index in [2.05, 4.69) is 4.52 Å². The van der Waals surface area contributed by atoms with Crippen molar-refractivity contribution in [2.45, 2.75) is 0 Å². The summed E-state index contributed by atoms with van der Waals surface area (Å²) in [5.41, 5.74) is -0.560. The summed E-state index contributed by atoms with van der Waals surface area (Å²) in [6, 6.07) is 1.10. The summed E-state index contributed by atoms with van der Waals surface area (Å²) in [5, 5.41) is -0.940. The first-order chi connectivity index (χ1) is 4.22. The van der Waals surface area contributed by atoms with E-state index in [4.69, 9.17) is 11.6 Å². The number of aromatic nitrogens is 1. The SMILES string of the molecule is O=C(Cl)n1occc1=O. The highest BCUT2D eigenvalue weighted by molar-refractivity contribution is 6.63. The zero-order valence-corrected chi connectivity index (χ0v) is 4.96. The van der Waals surface area contributed by atoms with Gasteiger partial charge in [-0.05, 0) is 11.6 Å². The van der Waals surface area contributed by atoms with Crippen LogP contribution in [0.25, 0.3) is 0 Å². The van der Waals surface area contributed by atoms with E-state index in [1.165, 1.54) is 0 Å². The lowest BCUT2D eigenvalue weighted by molar-refractivity contribution is 0.230. The number of halogens is 1. The van der Waals surface area contributed by atoms with E-state index in [9.17, 15) is 9.59 Å². The van der Waals surface area contributed by atoms with Gasteiger partial charge >= 0.3 is 5.37 Å². The average molecular weight is 148 g/mol. The Hall–Kier alpha value is -1.03. The van der Waals surface area contributed by atoms with Gasteiger partial charge in [0.1, 0.15) is 6.26 Å². The molecular weight excluding hydrogens is 146 g/mol. The summed E-state index contributed by atoms with van der Waals surface area (Å²) in [7, 11) is 0. The molecule has 0 atom stereocenters. The second-order valence-corrected chi connectivity index (χ2v) is 1.62. The largest absolute Gasteiger partial charge is 0.375 e. The molecule has 0 radical (unpaired) electrons. The van der Waals surface area contributed by atoms with Gasteiger partial charge in [-0.25, -0.2) is 0 Å². The molecule has 1 heterocycles. The van der Waals surface area contributed by atoms with Gasteiger partial charge in [0.15, 0.2) is 0 Å². The highest BCUT2D eigenvalue weighted by atomic mass is 35.5. The summed E-state index contributed by atoms with van der Waals surface area (Å²) in [6.45, 7) is 0. The molecular formula is C4H2ClNO3. The summed E-state index contributed by atoms with van der Waals surface area (Å²) in [6.07, 6.45) is 1.09. The van der Waals surface area contributed by atoms with Crippen molar-refractivity contribution in [3.8, 4) is 0 Å². The van der Waals surface area contributed by atoms with Gasteiger partial charge in [0, 0.05) is 6.07 Å². The Morgan fingerprint density at radius 3 is 2.67 bits per heavy atom. The third kappa shape index (κ3) is 1.02. The fourth-order valence-electron chi connectivity index (χ4n) is 0.397. The van der Waals surface area contributed by atoms with Crippen LogP contribution in [0.2, 0.25) is 0 Å². The van der Waals surface area contributed by atoms with Gasteiger partial charge in [0.05, 0.1) is 0 Å². The summed E-state index contributed by atoms with van der Waals surface area (Å²) in [5.74, 6) is 0. The van der Waals surface area contributed by atoms with E-state index in [-0.39, 0.29) is 0 Å². The Kier molecular flexibility index (Phi) is 1.40. The lowest BCUT2D eigenvalue weighted by atomic mass is 10.7. The maximum atomic E-state index is 10.4. The van der Waals surface area contributed by atoms with Crippen LogP contribution in [-0.2, 0) is 0 Å². The van der Waals surface area contributed by atoms with Crippen molar-refractivity contribution < 1.29 is 9.32 Å². The van der Waals surface area contributed by atoms with E-state index in [0.29, 0.717) is 4.74 Å². The molecule has 0 fully saturated rings. The van der Waals surface area contributed by atoms with E-state index >= 15 is 0 Å². The monoisotopic (exact) mass is 147 g/mol. The number of hydrogen-bond donors (Lipinski definition) is 0. The zero-order chi connectivity index (χ0) is 6.85. The predicted molar refractivity (Wildman–Crippen MR) is 29.6 cm³/mol. The molecule has 0 saturated carbocycles. The minimum absolute atomic E-state index is 0.446. The molecule has 0 amide bonds. The molecule has 9 heavy (non-hydrogen) atoms. The van der Waals surface area contributed by atoms with Crippen LogP contribution in [0.5, 0.6) is 0 Å². The van der Waals surface area contributed by atoms with Crippen LogP contribution in [0.4, 0.5) is 4.79 Å². The van der Waals surface area contributed by atoms with Crippen LogP contribution in [0, 0.1) is 0 Å². The minimum Gasteiger partial charge on any atom is -0.375 e. The van der Waals surface area contributed by atoms with Gasteiger partial charge in [0.2, 0.25) is 0 Å². The van der Waals surface area contributed by atoms with Crippen molar-refractivity contribution in [1.82, 2.24) is 4.74 Å². The molecule has 1 aromatic heterocycles. The number of carbonyl (C=O) groups excluding carboxylic acids is 1. The van der Waals surface area contributed by atoms with Crippen LogP contribution in [0.15, 0.2) is 21.6 Å². The molecule has 0 aliphatic rings. The van der Waals surface area contributed by atoms with Crippen LogP contribution in [-0.4, -0.2) is 10.1 Å². The Bertz CT molecular complexity index is 273. The van der Waals surface area contributed by atoms with Crippen LogP contribution in [0.3, 0.4) is 0 Å². The highest BCUT2D eigenvalue weighted by Crippen LogP contribution is 1.86. The molecule has 0 bridgehead atoms. The predicted octanol–water partition coefficient (Wildman–Crippen LogP) is 0.648. The Morgan fingerprint density at radius 1 is 1.78 bits per heavy atom. The molecule has 48 valence electrons. The van der Waals surface area contributed by atoms with Crippen LogP contribution in [0.1, 0.15) is 0 Å². The normalized spacial score (nSPS) is 9.44. The van der Waals surface area contributed by atoms with Gasteiger partial charge in [-0.1, -0.05) is 4.74 Å². The van der Waals surface area contributed by atoms with Crippen molar-refractivity contribution in [1.29, 1.82) is 0 Å². The lowest BCUT2D eigenvalue weighted by Gasteiger charge is -1.83. The number of hydrogen-bond acceptors (Lipinski definition) is 3. The van der Waals surface area contributed by atoms with Gasteiger partial charge < -0.3 is 4.52 Å². The average Bonchev–Trinajstić information content (AvgIpc) is 2.13. The third-order valence-corrected chi connectivity index (χ3v) is 0.890. The lowest BCUT2D eigenvalue weighted by Crippen LogP contribution is -2.16. The first-order valence-corrected chi connectivity index (χ1v) is 2.46. The fourth-order valence-corrected chi connectivity index (χ4v) is 0.520. The van der Waals surface area contributed by atoms with Crippen LogP contribution < -0.4 is 5.56 Å². The summed E-state index contributed by atoms with van der Waals surface area (Å²) >= 11 is 4.88. The van der Waals surface area contributed by atoms with Gasteiger partial charge in [-0.15, -0.1) is 0 Å². The molecule has 1 aromatic rings. The molecule has 0 N–H and O–H groups in total. The molecule has 0 unspecified atom stereocenters. The van der Waals surface area contributed by atoms with Crippen molar-refractivity contribution in [2.24, 2.45) is 0 Å². The smallest absolute Gasteiger partial charge is 0.357 e. The van der Waals surface area contributed by atoms with E-state index < -0.39 is 10.9 Å². The topological polar surface area (TPSA) is 52.2 Å². The molecule has 0 saturated heterocycles. The highest BCUT2D eigenvalue weighted by Gasteiger charge is 2.03. The Balaban J connectivity index is 3.24. The molecule has 0 aliphatic carbocycles. The van der Waals surface area contributed by atoms with Gasteiger partial charge in [-0.3, -0.25) is 9.59 Å². The number of nitrogens with zero attached hydrogens (tertiary/aromatic N) is 1. The second-order valence-electron chi connectivity index (χ2n) is 1.29. The van der Waals surface area contributed by atoms with Gasteiger partial charge in [-0.2, -0.15) is 0 Å². The molecule has 0 aliphatic heterocycles. The van der Waals surface area contributed by atoms with Crippen molar-refractivity contribution in [2.75, 3.05) is 0 Å². The first kappa shape index (κ1) is 6.10. The van der Waals surface area contributed by atoms with Crippen molar-refractivity contribution in [3.05, 3.63) is 22.7 Å². The zero-order valence-electron chi connectivity index (χ0n) is 4.20. The molecule has 1 rings (SSSR count). The Labute approximate surface area is 54.6 Å². The van der Waals surface area contributed by atoms with Crippen molar-refractivity contribution in [3.63, 3.8) is 0 Å². The molecule has 0 aromatic carbocycles. The number of rotatable bonds is 0. The van der Waals surface area contributed by atoms with E-state index in [1.54, 1.807) is 0 Å². The maximum Gasteiger partial charge on any atom is 0.357 e. The molecule has 5 heteroatoms. The van der Waals surface area contributed by atoms with Crippen molar-refractivity contribution >= 4 is 17.0 Å². The van der Waals surface area contributed by atoms with Crippen LogP contribution >= 0.6 is 11.6 Å². The molecule has 0 spiro atoms. The van der Waals surface area contributed by atoms with Gasteiger partial charge in [0.25, 0.3) is 5.56 Å². The van der Waals surface area contributed by atoms with E-state index in [0.717, 1.165) is 12.3 Å². The summed E-state index contributed by atoms with van der Waals surface area (Å²) in [4.78, 5) is 20.6. The Morgan fingerprint density at radius 2 is 2.44 bits per heavy atom. The fraction of sp³-hybridized carbons (Fsp3) is 0.